The first-order valence-corrected chi connectivity index (χ1v) is 6.73. The summed E-state index contributed by atoms with van der Waals surface area (Å²) in [5.41, 5.74) is 0.208. The number of halogens is 2. The molecular weight excluding hydrogens is 294 g/mol. The first-order chi connectivity index (χ1) is 9.29. The molecule has 0 bridgehead atoms. The van der Waals surface area contributed by atoms with Gasteiger partial charge in [-0.15, -0.1) is 0 Å². The quantitative estimate of drug-likeness (QED) is 0.919. The molecule has 1 aromatic heterocycles. The fourth-order valence-electron chi connectivity index (χ4n) is 1.82. The van der Waals surface area contributed by atoms with Crippen LogP contribution >= 0.6 is 0 Å². The molecule has 0 spiro atoms. The molecule has 0 saturated carbocycles. The Labute approximate surface area is 116 Å². The molecule has 1 N–H and O–H groups in total. The first kappa shape index (κ1) is 14.8. The van der Waals surface area contributed by atoms with Crippen LogP contribution in [0.15, 0.2) is 18.3 Å². The van der Waals surface area contributed by atoms with Crippen LogP contribution in [0, 0.1) is 0 Å². The molecule has 1 unspecified atom stereocenters. The number of pyridine rings is 1. The lowest BCUT2D eigenvalue weighted by Gasteiger charge is -2.17. The molecule has 1 aliphatic heterocycles. The Morgan fingerprint density at radius 2 is 2.35 bits per heavy atom. The third-order valence-electron chi connectivity index (χ3n) is 2.79. The van der Waals surface area contributed by atoms with E-state index in [2.05, 4.69) is 4.98 Å². The summed E-state index contributed by atoms with van der Waals surface area (Å²) in [6.07, 6.45) is 0.102. The van der Waals surface area contributed by atoms with Crippen molar-refractivity contribution >= 4 is 17.4 Å². The van der Waals surface area contributed by atoms with Crippen LogP contribution in [0.3, 0.4) is 0 Å². The predicted molar refractivity (Wildman–Crippen MR) is 65.3 cm³/mol. The molecular formula is C11H12F2N2O4S. The van der Waals surface area contributed by atoms with Crippen LogP contribution in [0.4, 0.5) is 13.6 Å². The molecule has 9 heteroatoms. The van der Waals surface area contributed by atoms with Crippen molar-refractivity contribution in [3.63, 3.8) is 0 Å². The second-order valence-electron chi connectivity index (χ2n) is 4.41. The SMILES string of the molecule is CC(F)(F)c1ccc(C[C@H]2COS(=O)N2C(=O)O)cn1. The highest BCUT2D eigenvalue weighted by Gasteiger charge is 2.36. The van der Waals surface area contributed by atoms with E-state index >= 15 is 0 Å². The molecule has 2 rings (SSSR count). The van der Waals surface area contributed by atoms with E-state index < -0.39 is 29.3 Å². The molecule has 2 heterocycles. The largest absolute Gasteiger partial charge is 0.464 e. The maximum Gasteiger partial charge on any atom is 0.421 e. The van der Waals surface area contributed by atoms with Gasteiger partial charge in [-0.3, -0.25) is 9.17 Å². The number of aromatic nitrogens is 1. The molecule has 110 valence electrons. The maximum absolute atomic E-state index is 13.0. The van der Waals surface area contributed by atoms with E-state index in [-0.39, 0.29) is 18.7 Å². The van der Waals surface area contributed by atoms with Gasteiger partial charge in [0.15, 0.2) is 0 Å². The number of carboxylic acid groups (broad SMARTS) is 1. The molecule has 1 aromatic rings. The lowest BCUT2D eigenvalue weighted by atomic mass is 10.1. The van der Waals surface area contributed by atoms with E-state index in [1.54, 1.807) is 0 Å². The molecule has 0 radical (unpaired) electrons. The second-order valence-corrected chi connectivity index (χ2v) is 5.47. The Morgan fingerprint density at radius 3 is 2.85 bits per heavy atom. The third-order valence-corrected chi connectivity index (χ3v) is 3.90. The average molecular weight is 306 g/mol. The van der Waals surface area contributed by atoms with Crippen molar-refractivity contribution in [1.29, 1.82) is 0 Å². The molecule has 20 heavy (non-hydrogen) atoms. The summed E-state index contributed by atoms with van der Waals surface area (Å²) in [5.74, 6) is -3.02. The van der Waals surface area contributed by atoms with E-state index in [4.69, 9.17) is 9.29 Å². The molecule has 2 atom stereocenters. The van der Waals surface area contributed by atoms with E-state index in [0.29, 0.717) is 9.87 Å². The third kappa shape index (κ3) is 3.10. The Hall–Kier alpha value is -1.61. The Bertz CT molecular complexity index is 532. The molecule has 1 aliphatic rings. The Kier molecular flexibility index (Phi) is 4.00. The topological polar surface area (TPSA) is 79.7 Å². The van der Waals surface area contributed by atoms with Crippen LogP contribution < -0.4 is 0 Å². The monoisotopic (exact) mass is 306 g/mol. The van der Waals surface area contributed by atoms with Crippen molar-refractivity contribution in [2.75, 3.05) is 6.61 Å². The molecule has 1 saturated heterocycles. The van der Waals surface area contributed by atoms with Crippen LogP contribution in [0.1, 0.15) is 18.2 Å². The van der Waals surface area contributed by atoms with Crippen molar-refractivity contribution in [3.8, 4) is 0 Å². The van der Waals surface area contributed by atoms with Crippen molar-refractivity contribution in [2.24, 2.45) is 0 Å². The zero-order chi connectivity index (χ0) is 14.9. The van der Waals surface area contributed by atoms with Crippen molar-refractivity contribution in [2.45, 2.75) is 25.3 Å². The molecule has 0 aliphatic carbocycles. The van der Waals surface area contributed by atoms with Gasteiger partial charge in [-0.25, -0.2) is 9.00 Å². The lowest BCUT2D eigenvalue weighted by Crippen LogP contribution is -2.37. The number of rotatable bonds is 3. The summed E-state index contributed by atoms with van der Waals surface area (Å²) >= 11 is -2.02. The highest BCUT2D eigenvalue weighted by Crippen LogP contribution is 2.25. The molecule has 1 fully saturated rings. The predicted octanol–water partition coefficient (Wildman–Crippen LogP) is 1.69. The van der Waals surface area contributed by atoms with Crippen LogP contribution in [0.25, 0.3) is 0 Å². The summed E-state index contributed by atoms with van der Waals surface area (Å²) in [6, 6.07) is 2.01. The van der Waals surface area contributed by atoms with Gasteiger partial charge in [-0.1, -0.05) is 6.07 Å². The van der Waals surface area contributed by atoms with E-state index in [1.165, 1.54) is 18.3 Å². The van der Waals surface area contributed by atoms with E-state index in [0.717, 1.165) is 6.92 Å². The number of carbonyl (C=O) groups is 1. The van der Waals surface area contributed by atoms with Crippen molar-refractivity contribution < 1.29 is 27.1 Å². The van der Waals surface area contributed by atoms with Gasteiger partial charge in [-0.2, -0.15) is 13.1 Å². The van der Waals surface area contributed by atoms with Crippen LogP contribution in [-0.2, 0) is 27.8 Å². The number of amides is 1. The maximum atomic E-state index is 13.0. The number of alkyl halides is 2. The Balaban J connectivity index is 2.11. The van der Waals surface area contributed by atoms with Gasteiger partial charge in [0.25, 0.3) is 17.2 Å². The summed E-state index contributed by atoms with van der Waals surface area (Å²) in [4.78, 5) is 14.6. The number of hydrogen-bond acceptors (Lipinski definition) is 4. The van der Waals surface area contributed by atoms with E-state index in [1.807, 2.05) is 0 Å². The van der Waals surface area contributed by atoms with Gasteiger partial charge in [0, 0.05) is 13.1 Å². The second kappa shape index (κ2) is 5.41. The summed E-state index contributed by atoms with van der Waals surface area (Å²) in [5, 5.41) is 8.92. The van der Waals surface area contributed by atoms with Gasteiger partial charge < -0.3 is 5.11 Å². The molecule has 1 amide bonds. The number of nitrogens with zero attached hydrogens (tertiary/aromatic N) is 2. The van der Waals surface area contributed by atoms with Gasteiger partial charge in [-0.05, 0) is 18.1 Å². The summed E-state index contributed by atoms with van der Waals surface area (Å²) in [7, 11) is 0. The van der Waals surface area contributed by atoms with Gasteiger partial charge in [0.2, 0.25) is 0 Å². The standard InChI is InChI=1S/C11H12F2N2O4S/c1-11(12,13)9-3-2-7(5-14-9)4-8-6-19-20(18)15(8)10(16)17/h2-3,5,8H,4,6H2,1H3,(H,16,17)/t8-,20?/m0/s1. The summed E-state index contributed by atoms with van der Waals surface area (Å²) < 4.78 is 42.8. The minimum Gasteiger partial charge on any atom is -0.464 e. The smallest absolute Gasteiger partial charge is 0.421 e. The fraction of sp³-hybridized carbons (Fsp3) is 0.455. The zero-order valence-electron chi connectivity index (χ0n) is 10.5. The van der Waals surface area contributed by atoms with Crippen LogP contribution in [0.5, 0.6) is 0 Å². The average Bonchev–Trinajstić information content (AvgIpc) is 2.70. The van der Waals surface area contributed by atoms with Crippen LogP contribution in [-0.4, -0.2) is 37.3 Å². The van der Waals surface area contributed by atoms with E-state index in [9.17, 15) is 17.8 Å². The molecule has 0 aromatic carbocycles. The molecule has 6 nitrogen and oxygen atoms in total. The number of hydrogen-bond donors (Lipinski definition) is 1. The van der Waals surface area contributed by atoms with Crippen molar-refractivity contribution in [3.05, 3.63) is 29.6 Å². The van der Waals surface area contributed by atoms with Gasteiger partial charge >= 0.3 is 6.09 Å². The fourth-order valence-corrected chi connectivity index (χ4v) is 2.72. The first-order valence-electron chi connectivity index (χ1n) is 5.69. The lowest BCUT2D eigenvalue weighted by molar-refractivity contribution is 0.0127. The van der Waals surface area contributed by atoms with Crippen molar-refractivity contribution in [1.82, 2.24) is 9.29 Å². The minimum atomic E-state index is -3.02. The van der Waals surface area contributed by atoms with Gasteiger partial charge in [0.05, 0.1) is 12.6 Å². The highest BCUT2D eigenvalue weighted by molar-refractivity contribution is 7.78. The zero-order valence-corrected chi connectivity index (χ0v) is 11.3. The van der Waals surface area contributed by atoms with Crippen LogP contribution in [0.2, 0.25) is 0 Å². The Morgan fingerprint density at radius 1 is 1.65 bits per heavy atom. The summed E-state index contributed by atoms with van der Waals surface area (Å²) in [6.45, 7) is 0.736. The highest BCUT2D eigenvalue weighted by atomic mass is 32.2. The normalized spacial score (nSPS) is 23.1. The van der Waals surface area contributed by atoms with Gasteiger partial charge in [0.1, 0.15) is 5.69 Å². The minimum absolute atomic E-state index is 0.00933.